The van der Waals surface area contributed by atoms with E-state index < -0.39 is 0 Å². The van der Waals surface area contributed by atoms with Crippen LogP contribution in [0.15, 0.2) is 12.7 Å². The maximum atomic E-state index is 5.72. The number of nitrogen functional groups attached to an aromatic ring is 1. The first-order valence-corrected chi connectivity index (χ1v) is 5.04. The minimum atomic E-state index is 0.351. The van der Waals surface area contributed by atoms with Gasteiger partial charge in [-0.25, -0.2) is 15.0 Å². The molecule has 0 saturated heterocycles. The summed E-state index contributed by atoms with van der Waals surface area (Å²) in [6.45, 7) is 6.48. The van der Waals surface area contributed by atoms with Crippen LogP contribution < -0.4 is 5.73 Å². The summed E-state index contributed by atoms with van der Waals surface area (Å²) in [6.07, 6.45) is 3.25. The molecule has 2 N–H and O–H groups in total. The summed E-state index contributed by atoms with van der Waals surface area (Å²) in [4.78, 5) is 12.4. The van der Waals surface area contributed by atoms with Gasteiger partial charge >= 0.3 is 0 Å². The SMILES string of the molecule is CC(C)C(C)n1cnc2c(N)ncnc21. The van der Waals surface area contributed by atoms with Gasteiger partial charge in [-0.1, -0.05) is 13.8 Å². The smallest absolute Gasteiger partial charge is 0.165 e. The van der Waals surface area contributed by atoms with Crippen LogP contribution in [-0.4, -0.2) is 19.5 Å². The fourth-order valence-corrected chi connectivity index (χ4v) is 1.49. The van der Waals surface area contributed by atoms with Crippen LogP contribution in [0.1, 0.15) is 26.8 Å². The van der Waals surface area contributed by atoms with Gasteiger partial charge in [0.25, 0.3) is 0 Å². The van der Waals surface area contributed by atoms with Gasteiger partial charge in [0.15, 0.2) is 11.5 Å². The Morgan fingerprint density at radius 2 is 1.93 bits per heavy atom. The van der Waals surface area contributed by atoms with E-state index in [-0.39, 0.29) is 0 Å². The summed E-state index contributed by atoms with van der Waals surface area (Å²) in [5.41, 5.74) is 7.21. The van der Waals surface area contributed by atoms with E-state index in [9.17, 15) is 0 Å². The van der Waals surface area contributed by atoms with Gasteiger partial charge in [-0.2, -0.15) is 0 Å². The second kappa shape index (κ2) is 3.49. The van der Waals surface area contributed by atoms with Gasteiger partial charge in [-0.3, -0.25) is 0 Å². The monoisotopic (exact) mass is 205 g/mol. The Balaban J connectivity index is 2.59. The molecule has 0 spiro atoms. The van der Waals surface area contributed by atoms with Gasteiger partial charge in [0.1, 0.15) is 11.8 Å². The van der Waals surface area contributed by atoms with Gasteiger partial charge in [0.2, 0.25) is 0 Å². The summed E-state index contributed by atoms with van der Waals surface area (Å²) >= 11 is 0. The number of rotatable bonds is 2. The van der Waals surface area contributed by atoms with Gasteiger partial charge in [-0.05, 0) is 12.8 Å². The summed E-state index contributed by atoms with van der Waals surface area (Å²) in [5.74, 6) is 0.966. The van der Waals surface area contributed by atoms with Crippen LogP contribution in [0.3, 0.4) is 0 Å². The first-order valence-electron chi connectivity index (χ1n) is 5.04. The molecule has 0 bridgehead atoms. The standard InChI is InChI=1S/C10H15N5/c1-6(2)7(3)15-5-14-8-9(11)12-4-13-10(8)15/h4-7H,1-3H3,(H2,11,12,13). The lowest BCUT2D eigenvalue weighted by atomic mass is 10.1. The predicted octanol–water partition coefficient (Wildman–Crippen LogP) is 1.63. The lowest BCUT2D eigenvalue weighted by Gasteiger charge is -2.17. The molecule has 0 amide bonds. The third-order valence-electron chi connectivity index (χ3n) is 2.79. The molecule has 2 aromatic rings. The zero-order valence-electron chi connectivity index (χ0n) is 9.18. The molecule has 5 nitrogen and oxygen atoms in total. The van der Waals surface area contributed by atoms with Gasteiger partial charge in [0.05, 0.1) is 6.33 Å². The van der Waals surface area contributed by atoms with Crippen molar-refractivity contribution in [2.24, 2.45) is 5.92 Å². The van der Waals surface area contributed by atoms with Crippen LogP contribution in [0, 0.1) is 5.92 Å². The highest BCUT2D eigenvalue weighted by atomic mass is 15.1. The molecule has 80 valence electrons. The van der Waals surface area contributed by atoms with Crippen LogP contribution >= 0.6 is 0 Å². The molecule has 2 rings (SSSR count). The van der Waals surface area contributed by atoms with E-state index >= 15 is 0 Å². The molecular weight excluding hydrogens is 190 g/mol. The molecule has 2 heterocycles. The number of nitrogens with two attached hydrogens (primary N) is 1. The second-order valence-electron chi connectivity index (χ2n) is 4.07. The maximum Gasteiger partial charge on any atom is 0.165 e. The number of imidazole rings is 1. The molecule has 0 fully saturated rings. The summed E-state index contributed by atoms with van der Waals surface area (Å²) < 4.78 is 2.04. The van der Waals surface area contributed by atoms with Gasteiger partial charge < -0.3 is 10.3 Å². The second-order valence-corrected chi connectivity index (χ2v) is 4.07. The van der Waals surface area contributed by atoms with Crippen LogP contribution in [-0.2, 0) is 0 Å². The molecule has 0 aliphatic heterocycles. The number of hydrogen-bond acceptors (Lipinski definition) is 4. The number of hydrogen-bond donors (Lipinski definition) is 1. The molecule has 0 aliphatic rings. The number of nitrogens with zero attached hydrogens (tertiary/aromatic N) is 4. The highest BCUT2D eigenvalue weighted by Crippen LogP contribution is 2.22. The van der Waals surface area contributed by atoms with E-state index in [4.69, 9.17) is 5.73 Å². The Labute approximate surface area is 88.4 Å². The van der Waals surface area contributed by atoms with Crippen molar-refractivity contribution < 1.29 is 0 Å². The first kappa shape index (κ1) is 9.89. The van der Waals surface area contributed by atoms with E-state index in [1.807, 2.05) is 4.57 Å². The van der Waals surface area contributed by atoms with Crippen molar-refractivity contribution in [2.75, 3.05) is 5.73 Å². The lowest BCUT2D eigenvalue weighted by molar-refractivity contribution is 0.415. The molecule has 0 saturated carbocycles. The van der Waals surface area contributed by atoms with Gasteiger partial charge in [0, 0.05) is 6.04 Å². The van der Waals surface area contributed by atoms with Gasteiger partial charge in [-0.15, -0.1) is 0 Å². The Hall–Kier alpha value is -1.65. The topological polar surface area (TPSA) is 69.6 Å². The zero-order chi connectivity index (χ0) is 11.0. The van der Waals surface area contributed by atoms with Crippen molar-refractivity contribution in [3.8, 4) is 0 Å². The van der Waals surface area contributed by atoms with E-state index in [2.05, 4.69) is 35.7 Å². The number of aromatic nitrogens is 4. The zero-order valence-corrected chi connectivity index (χ0v) is 9.18. The number of anilines is 1. The third kappa shape index (κ3) is 1.54. The quantitative estimate of drug-likeness (QED) is 0.808. The van der Waals surface area contributed by atoms with Crippen molar-refractivity contribution in [2.45, 2.75) is 26.8 Å². The average molecular weight is 205 g/mol. The maximum absolute atomic E-state index is 5.72. The van der Waals surface area contributed by atoms with Crippen LogP contribution in [0.2, 0.25) is 0 Å². The lowest BCUT2D eigenvalue weighted by Crippen LogP contribution is -2.11. The van der Waals surface area contributed by atoms with E-state index in [1.54, 1.807) is 6.33 Å². The largest absolute Gasteiger partial charge is 0.382 e. The summed E-state index contributed by atoms with van der Waals surface area (Å²) in [6, 6.07) is 0.351. The van der Waals surface area contributed by atoms with E-state index in [0.717, 1.165) is 5.65 Å². The van der Waals surface area contributed by atoms with Crippen molar-refractivity contribution in [3.63, 3.8) is 0 Å². The molecule has 0 radical (unpaired) electrons. The molecule has 5 heteroatoms. The van der Waals surface area contributed by atoms with Crippen molar-refractivity contribution in [1.29, 1.82) is 0 Å². The molecular formula is C10H15N5. The Kier molecular flexibility index (Phi) is 2.30. The van der Waals surface area contributed by atoms with Crippen LogP contribution in [0.25, 0.3) is 11.2 Å². The van der Waals surface area contributed by atoms with Crippen molar-refractivity contribution in [3.05, 3.63) is 12.7 Å². The number of fused-ring (bicyclic) bond motifs is 1. The molecule has 1 atom stereocenters. The third-order valence-corrected chi connectivity index (χ3v) is 2.79. The molecule has 0 aromatic carbocycles. The normalized spacial score (nSPS) is 13.6. The Morgan fingerprint density at radius 1 is 1.20 bits per heavy atom. The minimum absolute atomic E-state index is 0.351. The highest BCUT2D eigenvalue weighted by molar-refractivity contribution is 5.81. The summed E-state index contributed by atoms with van der Waals surface area (Å²) in [7, 11) is 0. The predicted molar refractivity (Wildman–Crippen MR) is 59.3 cm³/mol. The molecule has 2 aromatic heterocycles. The first-order chi connectivity index (χ1) is 7.11. The Bertz CT molecular complexity index is 474. The van der Waals surface area contributed by atoms with E-state index in [1.165, 1.54) is 6.33 Å². The minimum Gasteiger partial charge on any atom is -0.382 e. The summed E-state index contributed by atoms with van der Waals surface area (Å²) in [5, 5.41) is 0. The highest BCUT2D eigenvalue weighted by Gasteiger charge is 2.14. The van der Waals surface area contributed by atoms with Crippen LogP contribution in [0.4, 0.5) is 5.82 Å². The Morgan fingerprint density at radius 3 is 2.60 bits per heavy atom. The van der Waals surface area contributed by atoms with Crippen LogP contribution in [0.5, 0.6) is 0 Å². The van der Waals surface area contributed by atoms with Crippen molar-refractivity contribution >= 4 is 17.0 Å². The fourth-order valence-electron chi connectivity index (χ4n) is 1.49. The van der Waals surface area contributed by atoms with E-state index in [0.29, 0.717) is 23.3 Å². The molecule has 15 heavy (non-hydrogen) atoms. The van der Waals surface area contributed by atoms with Crippen molar-refractivity contribution in [1.82, 2.24) is 19.5 Å². The molecule has 0 aliphatic carbocycles. The fraction of sp³-hybridized carbons (Fsp3) is 0.500. The average Bonchev–Trinajstić information content (AvgIpc) is 2.61. The molecule has 1 unspecified atom stereocenters.